The molecule has 0 aliphatic rings. The Hall–Kier alpha value is -0.980. The van der Waals surface area contributed by atoms with Gasteiger partial charge in [0.1, 0.15) is 10.7 Å². The van der Waals surface area contributed by atoms with Gasteiger partial charge in [-0.05, 0) is 24.5 Å². The van der Waals surface area contributed by atoms with Crippen LogP contribution in [0.15, 0.2) is 29.2 Å². The third-order valence-corrected chi connectivity index (χ3v) is 4.26. The van der Waals surface area contributed by atoms with E-state index in [-0.39, 0.29) is 24.0 Å². The molecular weight excluding hydrogens is 257 g/mol. The molecule has 1 aromatic rings. The number of hydrogen-bond acceptors (Lipinski definition) is 3. The lowest BCUT2D eigenvalue weighted by atomic mass is 10.0. The molecule has 6 heteroatoms. The molecule has 18 heavy (non-hydrogen) atoms. The summed E-state index contributed by atoms with van der Waals surface area (Å²) in [6.07, 6.45) is 1.27. The Bertz CT molecular complexity index is 476. The second kappa shape index (κ2) is 6.82. The topological polar surface area (TPSA) is 66.4 Å². The molecule has 0 bridgehead atoms. The molecule has 1 atom stereocenters. The summed E-state index contributed by atoms with van der Waals surface area (Å²) in [7, 11) is -3.82. The zero-order valence-electron chi connectivity index (χ0n) is 10.3. The molecule has 0 aliphatic carbocycles. The van der Waals surface area contributed by atoms with Crippen LogP contribution in [-0.4, -0.2) is 26.7 Å². The van der Waals surface area contributed by atoms with Gasteiger partial charge in [-0.3, -0.25) is 0 Å². The molecule has 4 nitrogen and oxygen atoms in total. The Morgan fingerprint density at radius 1 is 1.39 bits per heavy atom. The molecular formula is C12H18FNO3S. The molecule has 2 N–H and O–H groups in total. The van der Waals surface area contributed by atoms with Crippen LogP contribution in [0.4, 0.5) is 4.39 Å². The minimum Gasteiger partial charge on any atom is -0.396 e. The van der Waals surface area contributed by atoms with Gasteiger partial charge in [-0.2, -0.15) is 0 Å². The first kappa shape index (κ1) is 15.1. The number of aliphatic hydroxyl groups excluding tert-OH is 1. The van der Waals surface area contributed by atoms with E-state index in [0.29, 0.717) is 6.42 Å². The molecule has 0 saturated heterocycles. The Morgan fingerprint density at radius 2 is 2.06 bits per heavy atom. The lowest BCUT2D eigenvalue weighted by molar-refractivity contribution is 0.254. The predicted molar refractivity (Wildman–Crippen MR) is 67.1 cm³/mol. The number of aliphatic hydroxyl groups is 1. The van der Waals surface area contributed by atoms with Crippen LogP contribution >= 0.6 is 0 Å². The third kappa shape index (κ3) is 4.04. The summed E-state index contributed by atoms with van der Waals surface area (Å²) in [5, 5.41) is 8.82. The summed E-state index contributed by atoms with van der Waals surface area (Å²) in [4.78, 5) is -0.344. The highest BCUT2D eigenvalue weighted by Gasteiger charge is 2.19. The molecule has 1 aromatic carbocycles. The van der Waals surface area contributed by atoms with E-state index in [1.165, 1.54) is 18.2 Å². The number of halogens is 1. The SMILES string of the molecule is CC[C@@H](CCO)CNS(=O)(=O)c1ccccc1F. The second-order valence-corrected chi connectivity index (χ2v) is 5.80. The molecule has 0 aromatic heterocycles. The summed E-state index contributed by atoms with van der Waals surface area (Å²) in [5.74, 6) is -0.711. The second-order valence-electron chi connectivity index (χ2n) is 4.07. The highest BCUT2D eigenvalue weighted by atomic mass is 32.2. The van der Waals surface area contributed by atoms with Gasteiger partial charge in [0, 0.05) is 13.2 Å². The lowest BCUT2D eigenvalue weighted by Crippen LogP contribution is -2.30. The number of benzene rings is 1. The largest absolute Gasteiger partial charge is 0.396 e. The van der Waals surface area contributed by atoms with Crippen molar-refractivity contribution >= 4 is 10.0 Å². The van der Waals surface area contributed by atoms with Crippen molar-refractivity contribution in [3.05, 3.63) is 30.1 Å². The van der Waals surface area contributed by atoms with Crippen molar-refractivity contribution in [2.75, 3.05) is 13.2 Å². The van der Waals surface area contributed by atoms with Crippen LogP contribution in [0.3, 0.4) is 0 Å². The Kier molecular flexibility index (Phi) is 5.71. The first-order valence-electron chi connectivity index (χ1n) is 5.86. The molecule has 0 heterocycles. The molecule has 0 unspecified atom stereocenters. The molecule has 1 rings (SSSR count). The van der Waals surface area contributed by atoms with E-state index in [1.54, 1.807) is 0 Å². The third-order valence-electron chi connectivity index (χ3n) is 2.80. The van der Waals surface area contributed by atoms with E-state index >= 15 is 0 Å². The highest BCUT2D eigenvalue weighted by molar-refractivity contribution is 7.89. The number of sulfonamides is 1. The van der Waals surface area contributed by atoms with E-state index in [0.717, 1.165) is 12.5 Å². The molecule has 102 valence electrons. The standard InChI is InChI=1S/C12H18FNO3S/c1-2-10(7-8-15)9-14-18(16,17)12-6-4-3-5-11(12)13/h3-6,10,14-15H,2,7-9H2,1H3/t10-/m0/s1. The summed E-state index contributed by atoms with van der Waals surface area (Å²) in [6.45, 7) is 2.13. The summed E-state index contributed by atoms with van der Waals surface area (Å²) >= 11 is 0. The van der Waals surface area contributed by atoms with Crippen LogP contribution < -0.4 is 4.72 Å². The summed E-state index contributed by atoms with van der Waals surface area (Å²) in [6, 6.07) is 5.25. The van der Waals surface area contributed by atoms with E-state index < -0.39 is 15.8 Å². The van der Waals surface area contributed by atoms with Crippen LogP contribution in [0.2, 0.25) is 0 Å². The fraction of sp³-hybridized carbons (Fsp3) is 0.500. The minimum atomic E-state index is -3.82. The molecule has 0 amide bonds. The Morgan fingerprint density at radius 3 is 2.61 bits per heavy atom. The van der Waals surface area contributed by atoms with Crippen molar-refractivity contribution in [1.29, 1.82) is 0 Å². The summed E-state index contributed by atoms with van der Waals surface area (Å²) in [5.41, 5.74) is 0. The van der Waals surface area contributed by atoms with Crippen LogP contribution in [0.1, 0.15) is 19.8 Å². The van der Waals surface area contributed by atoms with Crippen molar-refractivity contribution in [3.63, 3.8) is 0 Å². The maximum atomic E-state index is 13.4. The predicted octanol–water partition coefficient (Wildman–Crippen LogP) is 1.51. The van der Waals surface area contributed by atoms with Gasteiger partial charge in [0.25, 0.3) is 0 Å². The number of nitrogens with one attached hydrogen (secondary N) is 1. The van der Waals surface area contributed by atoms with E-state index in [9.17, 15) is 12.8 Å². The lowest BCUT2D eigenvalue weighted by Gasteiger charge is -2.14. The zero-order chi connectivity index (χ0) is 13.6. The van der Waals surface area contributed by atoms with Gasteiger partial charge >= 0.3 is 0 Å². The number of hydrogen-bond donors (Lipinski definition) is 2. The summed E-state index contributed by atoms with van der Waals surface area (Å²) < 4.78 is 39.5. The normalized spacial score (nSPS) is 13.5. The molecule has 0 fully saturated rings. The maximum Gasteiger partial charge on any atom is 0.243 e. The van der Waals surface area contributed by atoms with Crippen molar-refractivity contribution in [3.8, 4) is 0 Å². The van der Waals surface area contributed by atoms with Gasteiger partial charge in [-0.1, -0.05) is 25.5 Å². The van der Waals surface area contributed by atoms with Crippen LogP contribution in [0.5, 0.6) is 0 Å². The van der Waals surface area contributed by atoms with Gasteiger partial charge in [0.15, 0.2) is 0 Å². The van der Waals surface area contributed by atoms with Crippen molar-refractivity contribution in [2.45, 2.75) is 24.7 Å². The minimum absolute atomic E-state index is 0.0138. The van der Waals surface area contributed by atoms with Gasteiger partial charge in [0.2, 0.25) is 10.0 Å². The van der Waals surface area contributed by atoms with E-state index in [1.807, 2.05) is 6.92 Å². The van der Waals surface area contributed by atoms with Crippen LogP contribution in [-0.2, 0) is 10.0 Å². The molecule has 0 radical (unpaired) electrons. The van der Waals surface area contributed by atoms with Crippen LogP contribution in [0.25, 0.3) is 0 Å². The first-order chi connectivity index (χ1) is 8.51. The van der Waals surface area contributed by atoms with Crippen LogP contribution in [0, 0.1) is 11.7 Å². The highest BCUT2D eigenvalue weighted by Crippen LogP contribution is 2.14. The van der Waals surface area contributed by atoms with Crippen molar-refractivity contribution < 1.29 is 17.9 Å². The smallest absolute Gasteiger partial charge is 0.243 e. The fourth-order valence-electron chi connectivity index (χ4n) is 1.60. The monoisotopic (exact) mass is 275 g/mol. The Balaban J connectivity index is 2.74. The first-order valence-corrected chi connectivity index (χ1v) is 7.34. The van der Waals surface area contributed by atoms with Gasteiger partial charge in [0.05, 0.1) is 0 Å². The quantitative estimate of drug-likeness (QED) is 0.792. The van der Waals surface area contributed by atoms with Gasteiger partial charge < -0.3 is 5.11 Å². The van der Waals surface area contributed by atoms with E-state index in [4.69, 9.17) is 5.11 Å². The average molecular weight is 275 g/mol. The molecule has 0 aliphatic heterocycles. The van der Waals surface area contributed by atoms with Crippen molar-refractivity contribution in [2.24, 2.45) is 5.92 Å². The Labute approximate surface area is 107 Å². The van der Waals surface area contributed by atoms with Gasteiger partial charge in [-0.15, -0.1) is 0 Å². The molecule has 0 spiro atoms. The van der Waals surface area contributed by atoms with Gasteiger partial charge in [-0.25, -0.2) is 17.5 Å². The number of rotatable bonds is 7. The maximum absolute atomic E-state index is 13.4. The zero-order valence-corrected chi connectivity index (χ0v) is 11.1. The van der Waals surface area contributed by atoms with E-state index in [2.05, 4.69) is 4.72 Å². The average Bonchev–Trinajstić information content (AvgIpc) is 2.34. The van der Waals surface area contributed by atoms with Crippen molar-refractivity contribution in [1.82, 2.24) is 4.72 Å². The molecule has 0 saturated carbocycles. The fourth-order valence-corrected chi connectivity index (χ4v) is 2.79.